The second-order valence-corrected chi connectivity index (χ2v) is 9.51. The quantitative estimate of drug-likeness (QED) is 0.540. The number of ether oxygens (including phenoxy) is 3. The fourth-order valence-corrected chi connectivity index (χ4v) is 5.61. The third-order valence-corrected chi connectivity index (χ3v) is 7.47. The van der Waals surface area contributed by atoms with Crippen molar-refractivity contribution < 1.29 is 19.0 Å². The molecular weight excluding hydrogens is 440 g/mol. The van der Waals surface area contributed by atoms with Gasteiger partial charge in [0, 0.05) is 24.4 Å². The van der Waals surface area contributed by atoms with Gasteiger partial charge in [0.15, 0.2) is 6.29 Å². The lowest BCUT2D eigenvalue weighted by Crippen LogP contribution is -2.41. The summed E-state index contributed by atoms with van der Waals surface area (Å²) in [5.41, 5.74) is 6.04. The van der Waals surface area contributed by atoms with E-state index in [1.54, 1.807) is 7.11 Å². The van der Waals surface area contributed by atoms with E-state index in [-0.39, 0.29) is 12.2 Å². The van der Waals surface area contributed by atoms with Crippen molar-refractivity contribution in [2.75, 3.05) is 33.4 Å². The Kier molecular flexibility index (Phi) is 6.00. The minimum atomic E-state index is -0.107. The van der Waals surface area contributed by atoms with Gasteiger partial charge in [-0.25, -0.2) is 4.98 Å². The summed E-state index contributed by atoms with van der Waals surface area (Å²) in [6.45, 7) is 2.80. The lowest BCUT2D eigenvalue weighted by atomic mass is 9.94. The lowest BCUT2D eigenvalue weighted by Gasteiger charge is -2.34. The highest BCUT2D eigenvalue weighted by Crippen LogP contribution is 2.38. The van der Waals surface area contributed by atoms with Gasteiger partial charge in [0.1, 0.15) is 5.75 Å². The standard InChI is InChI=1S/C29H30N2O4/c1-33-22-9-6-19(7-10-22)18-21-8-11-24-26(23-4-2-3-5-25(23)30-27(21)24)28(32)31-14-12-20(13-15-31)29-34-16-17-35-29/h2-7,9-10,18,20,29H,8,11-17H2,1H3/b21-18-. The summed E-state index contributed by atoms with van der Waals surface area (Å²) < 4.78 is 16.7. The highest BCUT2D eigenvalue weighted by Gasteiger charge is 2.34. The maximum Gasteiger partial charge on any atom is 0.254 e. The van der Waals surface area contributed by atoms with Gasteiger partial charge in [0.05, 0.1) is 37.1 Å². The van der Waals surface area contributed by atoms with Crippen LogP contribution in [0, 0.1) is 5.92 Å². The molecule has 2 fully saturated rings. The van der Waals surface area contributed by atoms with E-state index in [0.717, 1.165) is 77.8 Å². The average Bonchev–Trinajstić information content (AvgIpc) is 3.58. The summed E-state index contributed by atoms with van der Waals surface area (Å²) >= 11 is 0. The van der Waals surface area contributed by atoms with Crippen molar-refractivity contribution in [2.24, 2.45) is 5.92 Å². The second-order valence-electron chi connectivity index (χ2n) is 9.51. The zero-order chi connectivity index (χ0) is 23.8. The molecule has 1 amide bonds. The molecule has 35 heavy (non-hydrogen) atoms. The SMILES string of the molecule is COc1ccc(/C=C2/CCc3c2nc2ccccc2c3C(=O)N2CCC(C3OCCO3)CC2)cc1. The fraction of sp³-hybridized carbons (Fsp3) is 0.379. The van der Waals surface area contributed by atoms with Gasteiger partial charge >= 0.3 is 0 Å². The normalized spacial score (nSPS) is 20.0. The molecule has 0 atom stereocenters. The number of carbonyl (C=O) groups excluding carboxylic acids is 1. The molecule has 1 aliphatic carbocycles. The molecule has 1 aromatic heterocycles. The van der Waals surface area contributed by atoms with Crippen LogP contribution >= 0.6 is 0 Å². The molecule has 180 valence electrons. The molecule has 6 nitrogen and oxygen atoms in total. The van der Waals surface area contributed by atoms with E-state index in [0.29, 0.717) is 19.1 Å². The molecule has 3 heterocycles. The Labute approximate surface area is 205 Å². The van der Waals surface area contributed by atoms with Crippen LogP contribution in [0.5, 0.6) is 5.75 Å². The summed E-state index contributed by atoms with van der Waals surface area (Å²) in [7, 11) is 1.67. The monoisotopic (exact) mass is 470 g/mol. The summed E-state index contributed by atoms with van der Waals surface area (Å²) in [5, 5.41) is 0.950. The number of fused-ring (bicyclic) bond motifs is 2. The molecule has 0 N–H and O–H groups in total. The minimum Gasteiger partial charge on any atom is -0.497 e. The van der Waals surface area contributed by atoms with Crippen LogP contribution in [0.1, 0.15) is 46.4 Å². The number of aromatic nitrogens is 1. The molecule has 3 aromatic rings. The predicted octanol–water partition coefficient (Wildman–Crippen LogP) is 4.96. The van der Waals surface area contributed by atoms with E-state index >= 15 is 0 Å². The van der Waals surface area contributed by atoms with Crippen molar-refractivity contribution in [1.29, 1.82) is 0 Å². The topological polar surface area (TPSA) is 60.9 Å². The Bertz CT molecular complexity index is 1270. The van der Waals surface area contributed by atoms with Crippen LogP contribution in [0.25, 0.3) is 22.6 Å². The molecule has 6 rings (SSSR count). The first-order valence-electron chi connectivity index (χ1n) is 12.5. The van der Waals surface area contributed by atoms with Crippen molar-refractivity contribution in [3.63, 3.8) is 0 Å². The Morgan fingerprint density at radius 1 is 1.03 bits per heavy atom. The number of benzene rings is 2. The van der Waals surface area contributed by atoms with Crippen LogP contribution < -0.4 is 4.74 Å². The molecular formula is C29H30N2O4. The van der Waals surface area contributed by atoms with Crippen LogP contribution in [-0.4, -0.2) is 55.5 Å². The van der Waals surface area contributed by atoms with Gasteiger partial charge in [0.2, 0.25) is 0 Å². The molecule has 0 bridgehead atoms. The van der Waals surface area contributed by atoms with Gasteiger partial charge in [-0.15, -0.1) is 0 Å². The van der Waals surface area contributed by atoms with Crippen molar-refractivity contribution in [1.82, 2.24) is 9.88 Å². The first-order chi connectivity index (χ1) is 17.2. The molecule has 0 spiro atoms. The van der Waals surface area contributed by atoms with Crippen LogP contribution in [-0.2, 0) is 15.9 Å². The Hall–Kier alpha value is -3.22. The van der Waals surface area contributed by atoms with Gasteiger partial charge in [-0.2, -0.15) is 0 Å². The number of pyridine rings is 1. The van der Waals surface area contributed by atoms with Crippen molar-refractivity contribution in [3.8, 4) is 5.75 Å². The Morgan fingerprint density at radius 3 is 2.51 bits per heavy atom. The number of nitrogens with zero attached hydrogens (tertiary/aromatic N) is 2. The number of carbonyl (C=O) groups is 1. The van der Waals surface area contributed by atoms with E-state index in [9.17, 15) is 4.79 Å². The summed E-state index contributed by atoms with van der Waals surface area (Å²) in [6.07, 6.45) is 5.60. The number of hydrogen-bond donors (Lipinski definition) is 0. The largest absolute Gasteiger partial charge is 0.497 e. The number of para-hydroxylation sites is 1. The number of rotatable bonds is 4. The maximum atomic E-state index is 13.9. The van der Waals surface area contributed by atoms with Crippen LogP contribution in [0.3, 0.4) is 0 Å². The van der Waals surface area contributed by atoms with Gasteiger partial charge in [-0.05, 0) is 66.7 Å². The summed E-state index contributed by atoms with van der Waals surface area (Å²) in [5.74, 6) is 1.32. The number of allylic oxidation sites excluding steroid dienone is 1. The first kappa shape index (κ1) is 22.3. The number of hydrogen-bond acceptors (Lipinski definition) is 5. The van der Waals surface area contributed by atoms with Gasteiger partial charge < -0.3 is 19.1 Å². The smallest absolute Gasteiger partial charge is 0.254 e. The van der Waals surface area contributed by atoms with Crippen molar-refractivity contribution in [3.05, 3.63) is 70.9 Å². The molecule has 0 unspecified atom stereocenters. The molecule has 2 aliphatic heterocycles. The van der Waals surface area contributed by atoms with Gasteiger partial charge in [-0.1, -0.05) is 30.3 Å². The summed E-state index contributed by atoms with van der Waals surface area (Å²) in [4.78, 5) is 21.0. The molecule has 2 saturated heterocycles. The zero-order valence-corrected chi connectivity index (χ0v) is 20.0. The molecule has 3 aliphatic rings. The zero-order valence-electron chi connectivity index (χ0n) is 20.0. The first-order valence-corrected chi connectivity index (χ1v) is 12.5. The highest BCUT2D eigenvalue weighted by atomic mass is 16.7. The van der Waals surface area contributed by atoms with Gasteiger partial charge in [-0.3, -0.25) is 4.79 Å². The maximum absolute atomic E-state index is 13.9. The van der Waals surface area contributed by atoms with Crippen LogP contribution in [0.4, 0.5) is 0 Å². The number of piperidine rings is 1. The van der Waals surface area contributed by atoms with Crippen LogP contribution in [0.2, 0.25) is 0 Å². The van der Waals surface area contributed by atoms with E-state index in [1.807, 2.05) is 41.3 Å². The van der Waals surface area contributed by atoms with E-state index in [1.165, 1.54) is 5.57 Å². The summed E-state index contributed by atoms with van der Waals surface area (Å²) in [6, 6.07) is 16.1. The predicted molar refractivity (Wildman–Crippen MR) is 135 cm³/mol. The Balaban J connectivity index is 1.33. The van der Waals surface area contributed by atoms with Crippen LogP contribution in [0.15, 0.2) is 48.5 Å². The average molecular weight is 471 g/mol. The number of likely N-dealkylation sites (tertiary alicyclic amines) is 1. The van der Waals surface area contributed by atoms with E-state index < -0.39 is 0 Å². The minimum absolute atomic E-state index is 0.107. The van der Waals surface area contributed by atoms with Crippen molar-refractivity contribution in [2.45, 2.75) is 32.0 Å². The molecule has 6 heteroatoms. The Morgan fingerprint density at radius 2 is 1.77 bits per heavy atom. The molecule has 0 saturated carbocycles. The molecule has 2 aromatic carbocycles. The third kappa shape index (κ3) is 4.21. The van der Waals surface area contributed by atoms with E-state index in [2.05, 4.69) is 18.2 Å². The highest BCUT2D eigenvalue weighted by molar-refractivity contribution is 6.09. The molecule has 0 radical (unpaired) electrons. The van der Waals surface area contributed by atoms with Crippen molar-refractivity contribution >= 4 is 28.5 Å². The third-order valence-electron chi connectivity index (χ3n) is 7.47. The van der Waals surface area contributed by atoms with Gasteiger partial charge in [0.25, 0.3) is 5.91 Å². The number of amides is 1. The fourth-order valence-electron chi connectivity index (χ4n) is 5.61. The number of methoxy groups -OCH3 is 1. The van der Waals surface area contributed by atoms with E-state index in [4.69, 9.17) is 19.2 Å². The second kappa shape index (κ2) is 9.44. The lowest BCUT2D eigenvalue weighted by molar-refractivity contribution is -0.0956.